The SMILES string of the molecule is CN1CCN(Cc2cccc(N=C(c3cccnc3)c3c(O)[nH]c4ccc(C(=O)O)cc34)c2)CC1. The van der Waals surface area contributed by atoms with E-state index in [1.165, 1.54) is 6.07 Å². The standard InChI is InChI=1S/C27H27N5O3/c1-31-10-12-32(13-11-31)17-18-4-2-6-21(14-18)29-25(20-5-3-9-28-16-20)24-22-15-19(27(34)35)7-8-23(22)30-26(24)33/h2-9,14-16,30,33H,10-13,17H2,1H3,(H,34,35). The van der Waals surface area contributed by atoms with Gasteiger partial charge >= 0.3 is 5.97 Å². The van der Waals surface area contributed by atoms with Crippen molar-refractivity contribution in [1.82, 2.24) is 19.8 Å². The van der Waals surface area contributed by atoms with Crippen molar-refractivity contribution in [3.8, 4) is 5.88 Å². The molecule has 1 aliphatic heterocycles. The summed E-state index contributed by atoms with van der Waals surface area (Å²) in [5, 5.41) is 20.9. The van der Waals surface area contributed by atoms with Gasteiger partial charge in [0.1, 0.15) is 0 Å². The van der Waals surface area contributed by atoms with Gasteiger partial charge in [0.25, 0.3) is 0 Å². The third-order valence-electron chi connectivity index (χ3n) is 6.35. The number of aromatic amines is 1. The van der Waals surface area contributed by atoms with E-state index in [4.69, 9.17) is 4.99 Å². The maximum absolute atomic E-state index is 11.6. The van der Waals surface area contributed by atoms with E-state index in [1.54, 1.807) is 24.5 Å². The Morgan fingerprint density at radius 3 is 2.63 bits per heavy atom. The molecular weight excluding hydrogens is 442 g/mol. The van der Waals surface area contributed by atoms with Crippen molar-refractivity contribution in [2.24, 2.45) is 4.99 Å². The largest absolute Gasteiger partial charge is 0.494 e. The Morgan fingerprint density at radius 2 is 1.89 bits per heavy atom. The highest BCUT2D eigenvalue weighted by Crippen LogP contribution is 2.32. The van der Waals surface area contributed by atoms with Crippen LogP contribution in [0.3, 0.4) is 0 Å². The van der Waals surface area contributed by atoms with Crippen molar-refractivity contribution in [2.45, 2.75) is 6.54 Å². The Balaban J connectivity index is 1.58. The summed E-state index contributed by atoms with van der Waals surface area (Å²) in [5.41, 5.74) is 4.35. The zero-order valence-electron chi connectivity index (χ0n) is 19.5. The zero-order chi connectivity index (χ0) is 24.4. The summed E-state index contributed by atoms with van der Waals surface area (Å²) in [4.78, 5) is 28.5. The van der Waals surface area contributed by atoms with Crippen molar-refractivity contribution < 1.29 is 15.0 Å². The van der Waals surface area contributed by atoms with E-state index >= 15 is 0 Å². The van der Waals surface area contributed by atoms with E-state index in [0.717, 1.165) is 44.0 Å². The molecule has 2 aromatic carbocycles. The Morgan fingerprint density at radius 1 is 1.06 bits per heavy atom. The number of carboxylic acid groups (broad SMARTS) is 1. The maximum Gasteiger partial charge on any atom is 0.335 e. The maximum atomic E-state index is 11.6. The van der Waals surface area contributed by atoms with Gasteiger partial charge in [-0.25, -0.2) is 9.79 Å². The molecule has 8 heteroatoms. The smallest absolute Gasteiger partial charge is 0.335 e. The minimum absolute atomic E-state index is 0.0706. The first-order valence-electron chi connectivity index (χ1n) is 11.6. The van der Waals surface area contributed by atoms with Gasteiger partial charge in [0.05, 0.1) is 22.5 Å². The van der Waals surface area contributed by atoms with Crippen molar-refractivity contribution in [2.75, 3.05) is 33.2 Å². The fourth-order valence-corrected chi connectivity index (χ4v) is 4.44. The lowest BCUT2D eigenvalue weighted by molar-refractivity contribution is 0.0697. The number of hydrogen-bond donors (Lipinski definition) is 3. The van der Waals surface area contributed by atoms with Gasteiger partial charge in [0.15, 0.2) is 5.88 Å². The van der Waals surface area contributed by atoms with Gasteiger partial charge in [-0.3, -0.25) is 9.88 Å². The molecule has 35 heavy (non-hydrogen) atoms. The van der Waals surface area contributed by atoms with Gasteiger partial charge in [-0.15, -0.1) is 0 Å². The number of H-pyrrole nitrogens is 1. The normalized spacial score (nSPS) is 15.5. The van der Waals surface area contributed by atoms with Crippen LogP contribution in [0, 0.1) is 0 Å². The average molecular weight is 470 g/mol. The second kappa shape index (κ2) is 9.69. The summed E-state index contributed by atoms with van der Waals surface area (Å²) in [7, 11) is 2.15. The van der Waals surface area contributed by atoms with E-state index in [2.05, 4.69) is 38.9 Å². The summed E-state index contributed by atoms with van der Waals surface area (Å²) in [6.07, 6.45) is 3.36. The second-order valence-electron chi connectivity index (χ2n) is 8.87. The molecule has 0 unspecified atom stereocenters. The molecule has 8 nitrogen and oxygen atoms in total. The van der Waals surface area contributed by atoms with Crippen LogP contribution in [0.1, 0.15) is 27.0 Å². The molecule has 3 heterocycles. The highest BCUT2D eigenvalue weighted by Gasteiger charge is 2.20. The first kappa shape index (κ1) is 22.8. The number of carbonyl (C=O) groups is 1. The van der Waals surface area contributed by atoms with Crippen LogP contribution in [0.25, 0.3) is 10.9 Å². The molecule has 0 bridgehead atoms. The third kappa shape index (κ3) is 4.94. The molecule has 0 amide bonds. The molecular formula is C27H27N5O3. The van der Waals surface area contributed by atoms with Crippen LogP contribution in [0.15, 0.2) is 72.0 Å². The first-order chi connectivity index (χ1) is 17.0. The van der Waals surface area contributed by atoms with E-state index in [0.29, 0.717) is 27.7 Å². The number of aliphatic imine (C=N–C) groups is 1. The highest BCUT2D eigenvalue weighted by atomic mass is 16.4. The fourth-order valence-electron chi connectivity index (χ4n) is 4.44. The summed E-state index contributed by atoms with van der Waals surface area (Å²) < 4.78 is 0. The van der Waals surface area contributed by atoms with Crippen LogP contribution in [0.5, 0.6) is 5.88 Å². The van der Waals surface area contributed by atoms with Crippen molar-refractivity contribution in [1.29, 1.82) is 0 Å². The number of aromatic nitrogens is 2. The summed E-state index contributed by atoms with van der Waals surface area (Å²) in [6, 6.07) is 16.5. The first-order valence-corrected chi connectivity index (χ1v) is 11.6. The predicted octanol–water partition coefficient (Wildman–Crippen LogP) is 3.88. The van der Waals surface area contributed by atoms with Gasteiger partial charge < -0.3 is 20.1 Å². The quantitative estimate of drug-likeness (QED) is 0.370. The Kier molecular flexibility index (Phi) is 6.31. The number of rotatable bonds is 6. The van der Waals surface area contributed by atoms with Crippen LogP contribution in [0.4, 0.5) is 5.69 Å². The molecule has 2 aromatic heterocycles. The van der Waals surface area contributed by atoms with E-state index in [-0.39, 0.29) is 11.4 Å². The molecule has 1 aliphatic rings. The van der Waals surface area contributed by atoms with Gasteiger partial charge in [-0.05, 0) is 55.1 Å². The van der Waals surface area contributed by atoms with Gasteiger partial charge in [0.2, 0.25) is 0 Å². The number of likely N-dealkylation sites (N-methyl/N-ethyl adjacent to an activating group) is 1. The van der Waals surface area contributed by atoms with Gasteiger partial charge in [-0.1, -0.05) is 12.1 Å². The Hall–Kier alpha value is -4.01. The minimum Gasteiger partial charge on any atom is -0.494 e. The topological polar surface area (TPSA) is 105 Å². The van der Waals surface area contributed by atoms with Crippen LogP contribution >= 0.6 is 0 Å². The summed E-state index contributed by atoms with van der Waals surface area (Å²) in [5.74, 6) is -1.10. The van der Waals surface area contributed by atoms with Crippen molar-refractivity contribution in [3.05, 3.63) is 89.2 Å². The number of benzene rings is 2. The molecule has 0 saturated carbocycles. The number of piperazine rings is 1. The van der Waals surface area contributed by atoms with Gasteiger partial charge in [0, 0.05) is 61.6 Å². The Bertz CT molecular complexity index is 1390. The third-order valence-corrected chi connectivity index (χ3v) is 6.35. The lowest BCUT2D eigenvalue weighted by Crippen LogP contribution is -2.43. The number of nitrogens with one attached hydrogen (secondary N) is 1. The fraction of sp³-hybridized carbons (Fsp3) is 0.222. The zero-order valence-corrected chi connectivity index (χ0v) is 19.5. The molecule has 4 aromatic rings. The van der Waals surface area contributed by atoms with Crippen molar-refractivity contribution in [3.63, 3.8) is 0 Å². The molecule has 0 radical (unpaired) electrons. The lowest BCUT2D eigenvalue weighted by atomic mass is 10.0. The van der Waals surface area contributed by atoms with Gasteiger partial charge in [-0.2, -0.15) is 0 Å². The van der Waals surface area contributed by atoms with E-state index < -0.39 is 5.97 Å². The molecule has 1 fully saturated rings. The molecule has 0 atom stereocenters. The summed E-state index contributed by atoms with van der Waals surface area (Å²) >= 11 is 0. The van der Waals surface area contributed by atoms with Crippen LogP contribution in [-0.2, 0) is 6.54 Å². The van der Waals surface area contributed by atoms with E-state index in [9.17, 15) is 15.0 Å². The second-order valence-corrected chi connectivity index (χ2v) is 8.87. The Labute approximate surface area is 203 Å². The number of fused-ring (bicyclic) bond motifs is 1. The number of aromatic hydroxyl groups is 1. The van der Waals surface area contributed by atoms with Crippen molar-refractivity contribution >= 4 is 28.3 Å². The molecule has 0 spiro atoms. The minimum atomic E-state index is -1.03. The predicted molar refractivity (Wildman–Crippen MR) is 136 cm³/mol. The molecule has 3 N–H and O–H groups in total. The number of aromatic carboxylic acids is 1. The van der Waals surface area contributed by atoms with E-state index in [1.807, 2.05) is 24.3 Å². The van der Waals surface area contributed by atoms with Crippen LogP contribution < -0.4 is 0 Å². The molecule has 5 rings (SSSR count). The number of nitrogens with zero attached hydrogens (tertiary/aromatic N) is 4. The number of hydrogen-bond acceptors (Lipinski definition) is 6. The van der Waals surface area contributed by atoms with Crippen LogP contribution in [0.2, 0.25) is 0 Å². The van der Waals surface area contributed by atoms with Crippen LogP contribution in [-0.4, -0.2) is 74.9 Å². The molecule has 1 saturated heterocycles. The molecule has 0 aliphatic carbocycles. The summed E-state index contributed by atoms with van der Waals surface area (Å²) in [6.45, 7) is 5.02. The average Bonchev–Trinajstić information content (AvgIpc) is 3.19. The number of carboxylic acids is 1. The lowest BCUT2D eigenvalue weighted by Gasteiger charge is -2.32. The highest BCUT2D eigenvalue weighted by molar-refractivity contribution is 6.22. The number of pyridine rings is 1. The monoisotopic (exact) mass is 469 g/mol. The molecule has 178 valence electrons.